The summed E-state index contributed by atoms with van der Waals surface area (Å²) in [6.07, 6.45) is 3.28. The number of ether oxygens (including phenoxy) is 1. The summed E-state index contributed by atoms with van der Waals surface area (Å²) in [7, 11) is 1.43. The fourth-order valence-electron chi connectivity index (χ4n) is 2.57. The predicted molar refractivity (Wildman–Crippen MR) is 75.1 cm³/mol. The smallest absolute Gasteiger partial charge is 0.338 e. The number of likely N-dealkylation sites (tertiary alicyclic amines) is 1. The molecule has 19 heavy (non-hydrogen) atoms. The van der Waals surface area contributed by atoms with Crippen LogP contribution >= 0.6 is 0 Å². The number of benzene rings is 1. The second kappa shape index (κ2) is 6.68. The quantitative estimate of drug-likeness (QED) is 0.818. The van der Waals surface area contributed by atoms with Gasteiger partial charge in [0, 0.05) is 6.54 Å². The summed E-state index contributed by atoms with van der Waals surface area (Å²) in [6.45, 7) is 3.65. The summed E-state index contributed by atoms with van der Waals surface area (Å²) in [4.78, 5) is 14.3. The van der Waals surface area contributed by atoms with Gasteiger partial charge in [0.2, 0.25) is 0 Å². The number of esters is 1. The molecular weight excluding hydrogens is 240 g/mol. The number of nitrogens with two attached hydrogens (primary N) is 1. The number of nitrogens with zero attached hydrogens (tertiary/aromatic N) is 1. The Hall–Kier alpha value is -1.39. The SMILES string of the molecule is COC(=O)c1cc(CCN)ccc1CN1CCCC1. The van der Waals surface area contributed by atoms with Crippen molar-refractivity contribution in [1.29, 1.82) is 0 Å². The van der Waals surface area contributed by atoms with Crippen LogP contribution in [0.5, 0.6) is 0 Å². The van der Waals surface area contributed by atoms with Crippen LogP contribution in [0.1, 0.15) is 34.3 Å². The Morgan fingerprint density at radius 2 is 2.11 bits per heavy atom. The van der Waals surface area contributed by atoms with E-state index in [1.165, 1.54) is 20.0 Å². The molecule has 1 aliphatic heterocycles. The van der Waals surface area contributed by atoms with E-state index >= 15 is 0 Å². The Morgan fingerprint density at radius 3 is 2.74 bits per heavy atom. The molecule has 104 valence electrons. The van der Waals surface area contributed by atoms with Gasteiger partial charge in [-0.2, -0.15) is 0 Å². The molecule has 1 heterocycles. The van der Waals surface area contributed by atoms with Crippen molar-refractivity contribution >= 4 is 5.97 Å². The standard InChI is InChI=1S/C15H22N2O2/c1-19-15(18)14-10-12(6-7-16)4-5-13(14)11-17-8-2-3-9-17/h4-5,10H,2-3,6-9,11,16H2,1H3. The van der Waals surface area contributed by atoms with E-state index in [4.69, 9.17) is 10.5 Å². The highest BCUT2D eigenvalue weighted by molar-refractivity contribution is 5.91. The molecule has 4 nitrogen and oxygen atoms in total. The van der Waals surface area contributed by atoms with E-state index in [1.807, 2.05) is 12.1 Å². The van der Waals surface area contributed by atoms with Gasteiger partial charge < -0.3 is 10.5 Å². The molecule has 0 unspecified atom stereocenters. The largest absolute Gasteiger partial charge is 0.465 e. The van der Waals surface area contributed by atoms with E-state index in [9.17, 15) is 4.79 Å². The molecule has 0 amide bonds. The van der Waals surface area contributed by atoms with Crippen LogP contribution in [0.2, 0.25) is 0 Å². The van der Waals surface area contributed by atoms with Gasteiger partial charge in [-0.05, 0) is 56.1 Å². The number of methoxy groups -OCH3 is 1. The molecule has 0 aliphatic carbocycles. The lowest BCUT2D eigenvalue weighted by atomic mass is 10.0. The fraction of sp³-hybridized carbons (Fsp3) is 0.533. The second-order valence-corrected chi connectivity index (χ2v) is 5.01. The van der Waals surface area contributed by atoms with Gasteiger partial charge in [-0.1, -0.05) is 12.1 Å². The van der Waals surface area contributed by atoms with Crippen LogP contribution in [-0.2, 0) is 17.7 Å². The van der Waals surface area contributed by atoms with Crippen LogP contribution in [0.25, 0.3) is 0 Å². The Balaban J connectivity index is 2.21. The summed E-state index contributed by atoms with van der Waals surface area (Å²) in [6, 6.07) is 6.02. The highest BCUT2D eigenvalue weighted by Gasteiger charge is 2.17. The second-order valence-electron chi connectivity index (χ2n) is 5.01. The molecule has 0 bridgehead atoms. The minimum absolute atomic E-state index is 0.256. The summed E-state index contributed by atoms with van der Waals surface area (Å²) in [5.74, 6) is -0.256. The van der Waals surface area contributed by atoms with Crippen molar-refractivity contribution in [3.8, 4) is 0 Å². The maximum absolute atomic E-state index is 11.9. The topological polar surface area (TPSA) is 55.6 Å². The monoisotopic (exact) mass is 262 g/mol. The molecule has 1 fully saturated rings. The number of carbonyl (C=O) groups excluding carboxylic acids is 1. The van der Waals surface area contributed by atoms with E-state index in [2.05, 4.69) is 11.0 Å². The molecule has 4 heteroatoms. The Kier molecular flexibility index (Phi) is 4.93. The van der Waals surface area contributed by atoms with Crippen LogP contribution in [0.15, 0.2) is 18.2 Å². The number of hydrogen-bond acceptors (Lipinski definition) is 4. The van der Waals surface area contributed by atoms with E-state index in [1.54, 1.807) is 0 Å². The molecule has 1 saturated heterocycles. The van der Waals surface area contributed by atoms with Crippen molar-refractivity contribution in [2.45, 2.75) is 25.8 Å². The lowest BCUT2D eigenvalue weighted by Crippen LogP contribution is -2.20. The molecule has 0 saturated carbocycles. The Bertz CT molecular complexity index is 440. The molecule has 1 aromatic rings. The van der Waals surface area contributed by atoms with Crippen molar-refractivity contribution < 1.29 is 9.53 Å². The van der Waals surface area contributed by atoms with E-state index in [-0.39, 0.29) is 5.97 Å². The van der Waals surface area contributed by atoms with Crippen molar-refractivity contribution in [2.75, 3.05) is 26.7 Å². The van der Waals surface area contributed by atoms with Crippen molar-refractivity contribution in [2.24, 2.45) is 5.73 Å². The molecule has 0 atom stereocenters. The molecule has 2 rings (SSSR count). The van der Waals surface area contributed by atoms with E-state index in [0.29, 0.717) is 12.1 Å². The van der Waals surface area contributed by atoms with Crippen LogP contribution in [-0.4, -0.2) is 37.6 Å². The highest BCUT2D eigenvalue weighted by atomic mass is 16.5. The fourth-order valence-corrected chi connectivity index (χ4v) is 2.57. The van der Waals surface area contributed by atoms with Crippen molar-refractivity contribution in [1.82, 2.24) is 4.90 Å². The van der Waals surface area contributed by atoms with Crippen LogP contribution < -0.4 is 5.73 Å². The summed E-state index contributed by atoms with van der Waals surface area (Å²) in [5, 5.41) is 0. The predicted octanol–water partition coefficient (Wildman–Crippen LogP) is 1.57. The first-order valence-corrected chi connectivity index (χ1v) is 6.87. The van der Waals surface area contributed by atoms with Gasteiger partial charge in [0.05, 0.1) is 12.7 Å². The summed E-state index contributed by atoms with van der Waals surface area (Å²) >= 11 is 0. The lowest BCUT2D eigenvalue weighted by molar-refractivity contribution is 0.0598. The van der Waals surface area contributed by atoms with Crippen LogP contribution in [0.4, 0.5) is 0 Å². The maximum atomic E-state index is 11.9. The summed E-state index contributed by atoms with van der Waals surface area (Å²) < 4.78 is 4.89. The average Bonchev–Trinajstić information content (AvgIpc) is 2.93. The van der Waals surface area contributed by atoms with Gasteiger partial charge in [-0.3, -0.25) is 4.90 Å². The van der Waals surface area contributed by atoms with Crippen molar-refractivity contribution in [3.63, 3.8) is 0 Å². The molecule has 0 radical (unpaired) electrons. The molecule has 1 aliphatic rings. The minimum atomic E-state index is -0.256. The number of hydrogen-bond donors (Lipinski definition) is 1. The zero-order valence-electron chi connectivity index (χ0n) is 11.5. The van der Waals surface area contributed by atoms with Gasteiger partial charge in [0.15, 0.2) is 0 Å². The van der Waals surface area contributed by atoms with Gasteiger partial charge in [0.1, 0.15) is 0 Å². The van der Waals surface area contributed by atoms with Crippen molar-refractivity contribution in [3.05, 3.63) is 34.9 Å². The lowest BCUT2D eigenvalue weighted by Gasteiger charge is -2.17. The zero-order valence-corrected chi connectivity index (χ0v) is 11.5. The number of rotatable bonds is 5. The van der Waals surface area contributed by atoms with Gasteiger partial charge in [-0.15, -0.1) is 0 Å². The molecule has 1 aromatic carbocycles. The first-order chi connectivity index (χ1) is 9.24. The van der Waals surface area contributed by atoms with E-state index < -0.39 is 0 Å². The first kappa shape index (κ1) is 14.0. The minimum Gasteiger partial charge on any atom is -0.465 e. The normalized spacial score (nSPS) is 15.7. The summed E-state index contributed by atoms with van der Waals surface area (Å²) in [5.41, 5.74) is 8.39. The maximum Gasteiger partial charge on any atom is 0.338 e. The first-order valence-electron chi connectivity index (χ1n) is 6.87. The third-order valence-corrected chi connectivity index (χ3v) is 3.61. The molecule has 0 aromatic heterocycles. The highest BCUT2D eigenvalue weighted by Crippen LogP contribution is 2.18. The Labute approximate surface area is 114 Å². The van der Waals surface area contributed by atoms with Gasteiger partial charge >= 0.3 is 5.97 Å². The zero-order chi connectivity index (χ0) is 13.7. The average molecular weight is 262 g/mol. The van der Waals surface area contributed by atoms with Crippen LogP contribution in [0, 0.1) is 0 Å². The molecular formula is C15H22N2O2. The molecule has 0 spiro atoms. The Morgan fingerprint density at radius 1 is 1.37 bits per heavy atom. The van der Waals surface area contributed by atoms with Crippen LogP contribution in [0.3, 0.4) is 0 Å². The third-order valence-electron chi connectivity index (χ3n) is 3.61. The third kappa shape index (κ3) is 3.55. The van der Waals surface area contributed by atoms with Gasteiger partial charge in [-0.25, -0.2) is 4.79 Å². The number of carbonyl (C=O) groups is 1. The molecule has 2 N–H and O–H groups in total. The van der Waals surface area contributed by atoms with Gasteiger partial charge in [0.25, 0.3) is 0 Å². The van der Waals surface area contributed by atoms with E-state index in [0.717, 1.165) is 37.2 Å².